The number of rotatable bonds is 5. The van der Waals surface area contributed by atoms with Gasteiger partial charge in [0.1, 0.15) is 11.2 Å². The summed E-state index contributed by atoms with van der Waals surface area (Å²) in [6.45, 7) is 0. The van der Waals surface area contributed by atoms with Gasteiger partial charge in [0.25, 0.3) is 0 Å². The molecule has 0 spiro atoms. The highest BCUT2D eigenvalue weighted by molar-refractivity contribution is 7.25. The predicted octanol–water partition coefficient (Wildman–Crippen LogP) is 11.9. The average Bonchev–Trinajstić information content (AvgIpc) is 3.77. The lowest BCUT2D eigenvalue weighted by Gasteiger charge is -2.11. The molecule has 0 fully saturated rings. The summed E-state index contributed by atoms with van der Waals surface area (Å²) in [7, 11) is 0. The van der Waals surface area contributed by atoms with Crippen molar-refractivity contribution in [2.45, 2.75) is 0 Å². The monoisotopic (exact) mass is 658 g/mol. The molecule has 4 heterocycles. The summed E-state index contributed by atoms with van der Waals surface area (Å²) in [4.78, 5) is 19.6. The maximum absolute atomic E-state index is 6.69. The largest absolute Gasteiger partial charge is 0.455 e. The zero-order valence-corrected chi connectivity index (χ0v) is 27.4. The van der Waals surface area contributed by atoms with Crippen molar-refractivity contribution < 1.29 is 4.42 Å². The van der Waals surface area contributed by atoms with Gasteiger partial charge in [-0.15, -0.1) is 11.3 Å². The first-order valence-electron chi connectivity index (χ1n) is 16.5. The molecule has 6 heteroatoms. The van der Waals surface area contributed by atoms with Crippen molar-refractivity contribution in [1.29, 1.82) is 0 Å². The summed E-state index contributed by atoms with van der Waals surface area (Å²) in [5.41, 5.74) is 8.54. The number of nitrogens with zero attached hydrogens (tertiary/aromatic N) is 4. The van der Waals surface area contributed by atoms with Crippen LogP contribution in [0.2, 0.25) is 0 Å². The van der Waals surface area contributed by atoms with Crippen molar-refractivity contribution in [3.05, 3.63) is 158 Å². The molecule has 10 aromatic rings. The van der Waals surface area contributed by atoms with Crippen LogP contribution in [-0.4, -0.2) is 19.9 Å². The third-order valence-electron chi connectivity index (χ3n) is 9.24. The molecule has 0 bridgehead atoms. The zero-order valence-electron chi connectivity index (χ0n) is 26.6. The number of benzene rings is 6. The third kappa shape index (κ3) is 4.77. The Morgan fingerprint density at radius 1 is 0.440 bits per heavy atom. The van der Waals surface area contributed by atoms with E-state index in [2.05, 4.69) is 89.9 Å². The molecule has 0 aliphatic heterocycles. The zero-order chi connectivity index (χ0) is 33.0. The summed E-state index contributed by atoms with van der Waals surface area (Å²) >= 11 is 1.82. The van der Waals surface area contributed by atoms with Crippen LogP contribution in [0, 0.1) is 0 Å². The number of fused-ring (bicyclic) bond motifs is 6. The van der Waals surface area contributed by atoms with E-state index in [-0.39, 0.29) is 0 Å². The molecule has 10 rings (SSSR count). The molecule has 0 unspecified atom stereocenters. The molecule has 0 amide bonds. The quantitative estimate of drug-likeness (QED) is 0.184. The van der Waals surface area contributed by atoms with Crippen LogP contribution in [0.3, 0.4) is 0 Å². The van der Waals surface area contributed by atoms with Crippen molar-refractivity contribution in [2.75, 3.05) is 0 Å². The lowest BCUT2D eigenvalue weighted by atomic mass is 9.97. The Bertz CT molecular complexity index is 2880. The number of hydrogen-bond donors (Lipinski definition) is 0. The molecule has 0 radical (unpaired) electrons. The van der Waals surface area contributed by atoms with Gasteiger partial charge in [-0.1, -0.05) is 103 Å². The lowest BCUT2D eigenvalue weighted by molar-refractivity contribution is 0.670. The fourth-order valence-corrected chi connectivity index (χ4v) is 7.99. The highest BCUT2D eigenvalue weighted by atomic mass is 32.1. The second-order valence-corrected chi connectivity index (χ2v) is 13.4. The summed E-state index contributed by atoms with van der Waals surface area (Å²) in [5.74, 6) is 1.79. The molecule has 234 valence electrons. The minimum absolute atomic E-state index is 0.587. The Kier molecular flexibility index (Phi) is 6.60. The molecule has 6 aromatic carbocycles. The summed E-state index contributed by atoms with van der Waals surface area (Å²) in [6.07, 6.45) is 3.65. The fraction of sp³-hybridized carbons (Fsp3) is 0. The van der Waals surface area contributed by atoms with Gasteiger partial charge in [-0.25, -0.2) is 15.0 Å². The minimum Gasteiger partial charge on any atom is -0.455 e. The Hall–Kier alpha value is -6.50. The molecule has 0 aliphatic carbocycles. The highest BCUT2D eigenvalue weighted by Gasteiger charge is 2.21. The molecule has 50 heavy (non-hydrogen) atoms. The van der Waals surface area contributed by atoms with Gasteiger partial charge < -0.3 is 4.42 Å². The van der Waals surface area contributed by atoms with Crippen LogP contribution in [-0.2, 0) is 0 Å². The van der Waals surface area contributed by atoms with Crippen LogP contribution < -0.4 is 0 Å². The van der Waals surface area contributed by atoms with Crippen molar-refractivity contribution in [3.8, 4) is 56.4 Å². The van der Waals surface area contributed by atoms with E-state index in [1.54, 1.807) is 6.20 Å². The van der Waals surface area contributed by atoms with E-state index in [0.29, 0.717) is 17.5 Å². The van der Waals surface area contributed by atoms with Crippen molar-refractivity contribution >= 4 is 53.4 Å². The SMILES string of the molecule is c1ccc(-c2nc(-c3cccc(-c4cccnc4)c3)nc(-c3ccc(-c4ccc5c(c4)sc4ccccc45)c4oc5ccccc5c34)n2)cc1. The number of para-hydroxylation sites is 1. The molecule has 0 atom stereocenters. The van der Waals surface area contributed by atoms with E-state index in [4.69, 9.17) is 19.4 Å². The van der Waals surface area contributed by atoms with Crippen LogP contribution in [0.25, 0.3) is 98.5 Å². The number of thiophene rings is 1. The highest BCUT2D eigenvalue weighted by Crippen LogP contribution is 2.43. The Balaban J connectivity index is 1.20. The van der Waals surface area contributed by atoms with E-state index in [1.807, 2.05) is 78.2 Å². The first kappa shape index (κ1) is 28.5. The van der Waals surface area contributed by atoms with Crippen molar-refractivity contribution in [2.24, 2.45) is 0 Å². The van der Waals surface area contributed by atoms with E-state index in [1.165, 1.54) is 20.2 Å². The number of aromatic nitrogens is 4. The van der Waals surface area contributed by atoms with Crippen molar-refractivity contribution in [1.82, 2.24) is 19.9 Å². The fourth-order valence-electron chi connectivity index (χ4n) is 6.85. The van der Waals surface area contributed by atoms with E-state index < -0.39 is 0 Å². The topological polar surface area (TPSA) is 64.7 Å². The number of hydrogen-bond acceptors (Lipinski definition) is 6. The standard InChI is InChI=1S/C44H26N4OS/c1-2-10-27(11-3-1)42-46-43(30-13-8-12-28(24-30)31-14-9-23-45-26-31)48-44(47-42)36-22-21-32(41-40(36)35-16-4-6-17-37(35)49-41)29-19-20-34-33-15-5-7-18-38(33)50-39(34)25-29/h1-26H. The van der Waals surface area contributed by atoms with Crippen LogP contribution >= 0.6 is 11.3 Å². The molecule has 0 aliphatic rings. The summed E-state index contributed by atoms with van der Waals surface area (Å²) in [6, 6.07) is 50.1. The normalized spacial score (nSPS) is 11.6. The average molecular weight is 659 g/mol. The molecule has 0 saturated heterocycles. The van der Waals surface area contributed by atoms with E-state index >= 15 is 0 Å². The van der Waals surface area contributed by atoms with E-state index in [9.17, 15) is 0 Å². The van der Waals surface area contributed by atoms with Crippen LogP contribution in [0.4, 0.5) is 0 Å². The summed E-state index contributed by atoms with van der Waals surface area (Å²) in [5, 5.41) is 4.55. The first-order chi connectivity index (χ1) is 24.8. The van der Waals surface area contributed by atoms with Crippen LogP contribution in [0.5, 0.6) is 0 Å². The number of pyridine rings is 1. The van der Waals surface area contributed by atoms with Gasteiger partial charge in [0, 0.05) is 71.2 Å². The van der Waals surface area contributed by atoms with Gasteiger partial charge in [0.05, 0.1) is 0 Å². The molecular weight excluding hydrogens is 633 g/mol. The van der Waals surface area contributed by atoms with E-state index in [0.717, 1.165) is 60.9 Å². The minimum atomic E-state index is 0.587. The first-order valence-corrected chi connectivity index (χ1v) is 17.3. The molecule has 0 saturated carbocycles. The maximum Gasteiger partial charge on any atom is 0.164 e. The van der Waals surface area contributed by atoms with Gasteiger partial charge in [0.15, 0.2) is 17.5 Å². The molecule has 5 nitrogen and oxygen atoms in total. The smallest absolute Gasteiger partial charge is 0.164 e. The molecule has 4 aromatic heterocycles. The Morgan fingerprint density at radius 3 is 2.02 bits per heavy atom. The number of furan rings is 1. The Labute approximate surface area is 291 Å². The second-order valence-electron chi connectivity index (χ2n) is 12.3. The maximum atomic E-state index is 6.69. The van der Waals surface area contributed by atoms with Crippen LogP contribution in [0.15, 0.2) is 162 Å². The third-order valence-corrected chi connectivity index (χ3v) is 10.4. The van der Waals surface area contributed by atoms with Gasteiger partial charge in [-0.3, -0.25) is 4.98 Å². The van der Waals surface area contributed by atoms with Gasteiger partial charge >= 0.3 is 0 Å². The Morgan fingerprint density at radius 2 is 1.14 bits per heavy atom. The lowest BCUT2D eigenvalue weighted by Crippen LogP contribution is -2.00. The second kappa shape index (κ2) is 11.6. The summed E-state index contributed by atoms with van der Waals surface area (Å²) < 4.78 is 9.23. The van der Waals surface area contributed by atoms with Crippen LogP contribution in [0.1, 0.15) is 0 Å². The molecule has 0 N–H and O–H groups in total. The predicted molar refractivity (Wildman–Crippen MR) is 205 cm³/mol. The van der Waals surface area contributed by atoms with Gasteiger partial charge in [-0.2, -0.15) is 0 Å². The van der Waals surface area contributed by atoms with Gasteiger partial charge in [-0.05, 0) is 53.6 Å². The van der Waals surface area contributed by atoms with Crippen molar-refractivity contribution in [3.63, 3.8) is 0 Å². The molecular formula is C44H26N4OS. The van der Waals surface area contributed by atoms with Gasteiger partial charge in [0.2, 0.25) is 0 Å².